The van der Waals surface area contributed by atoms with Crippen LogP contribution in [-0.2, 0) is 11.3 Å². The first-order valence-electron chi connectivity index (χ1n) is 7.05. The van der Waals surface area contributed by atoms with Crippen LogP contribution in [0.3, 0.4) is 0 Å². The van der Waals surface area contributed by atoms with Crippen LogP contribution in [0.4, 0.5) is 4.39 Å². The lowest BCUT2D eigenvalue weighted by Crippen LogP contribution is -2.11. The number of nitrogens with zero attached hydrogens (tertiary/aromatic N) is 3. The second-order valence-corrected chi connectivity index (χ2v) is 5.73. The highest BCUT2D eigenvalue weighted by atomic mass is 32.2. The van der Waals surface area contributed by atoms with Crippen LogP contribution in [0.1, 0.15) is 21.9 Å². The van der Waals surface area contributed by atoms with Crippen molar-refractivity contribution in [3.8, 4) is 5.69 Å². The Balaban J connectivity index is 1.86. The van der Waals surface area contributed by atoms with Gasteiger partial charge in [0, 0.05) is 11.8 Å². The van der Waals surface area contributed by atoms with E-state index in [4.69, 9.17) is 9.26 Å². The third-order valence-corrected chi connectivity index (χ3v) is 3.88. The van der Waals surface area contributed by atoms with E-state index >= 15 is 0 Å². The fourth-order valence-corrected chi connectivity index (χ4v) is 2.70. The van der Waals surface area contributed by atoms with Gasteiger partial charge in [-0.2, -0.15) is 0 Å². The summed E-state index contributed by atoms with van der Waals surface area (Å²) in [6.45, 7) is 1.76. The fourth-order valence-electron chi connectivity index (χ4n) is 2.16. The second kappa shape index (κ2) is 6.88. The zero-order chi connectivity index (χ0) is 17.1. The smallest absolute Gasteiger partial charge is 0.357 e. The Morgan fingerprint density at radius 2 is 2.12 bits per heavy atom. The van der Waals surface area contributed by atoms with Gasteiger partial charge in [-0.1, -0.05) is 16.9 Å². The molecule has 2 heterocycles. The van der Waals surface area contributed by atoms with Crippen LogP contribution in [0, 0.1) is 12.7 Å². The Morgan fingerprint density at radius 1 is 1.38 bits per heavy atom. The number of hydrogen-bond donors (Lipinski definition) is 0. The van der Waals surface area contributed by atoms with Crippen LogP contribution >= 0.6 is 11.8 Å². The van der Waals surface area contributed by atoms with E-state index in [0.29, 0.717) is 22.3 Å². The third kappa shape index (κ3) is 3.33. The van der Waals surface area contributed by atoms with Gasteiger partial charge in [0.2, 0.25) is 0 Å². The molecule has 0 saturated heterocycles. The van der Waals surface area contributed by atoms with Crippen LogP contribution in [0.15, 0.2) is 46.2 Å². The molecule has 1 aromatic carbocycles. The van der Waals surface area contributed by atoms with Gasteiger partial charge in [-0.25, -0.2) is 14.2 Å². The molecule has 3 rings (SSSR count). The first kappa shape index (κ1) is 16.3. The number of carbonyl (C=O) groups excluding carboxylic acids is 1. The van der Waals surface area contributed by atoms with E-state index in [-0.39, 0.29) is 18.1 Å². The van der Waals surface area contributed by atoms with Gasteiger partial charge in [-0.15, -0.1) is 0 Å². The average Bonchev–Trinajstić information content (AvgIpc) is 3.19. The van der Waals surface area contributed by atoms with Crippen molar-refractivity contribution >= 4 is 17.7 Å². The molecule has 0 spiro atoms. The molecule has 0 aliphatic rings. The van der Waals surface area contributed by atoms with Gasteiger partial charge < -0.3 is 9.26 Å². The van der Waals surface area contributed by atoms with Gasteiger partial charge in [-0.3, -0.25) is 4.57 Å². The molecule has 0 radical (unpaired) electrons. The molecule has 0 aliphatic carbocycles. The summed E-state index contributed by atoms with van der Waals surface area (Å²) in [4.78, 5) is 16.6. The molecule has 24 heavy (non-hydrogen) atoms. The van der Waals surface area contributed by atoms with Crippen LogP contribution in [0.25, 0.3) is 5.69 Å². The molecule has 0 unspecified atom stereocenters. The minimum Gasteiger partial charge on any atom is -0.453 e. The van der Waals surface area contributed by atoms with E-state index in [1.807, 2.05) is 6.26 Å². The number of aryl methyl sites for hydroxylation is 1. The highest BCUT2D eigenvalue weighted by Gasteiger charge is 2.19. The Kier molecular flexibility index (Phi) is 4.66. The molecule has 0 bridgehead atoms. The van der Waals surface area contributed by atoms with Gasteiger partial charge in [0.25, 0.3) is 0 Å². The van der Waals surface area contributed by atoms with Crippen molar-refractivity contribution in [1.29, 1.82) is 0 Å². The van der Waals surface area contributed by atoms with Gasteiger partial charge >= 0.3 is 5.97 Å². The molecule has 0 N–H and O–H groups in total. The number of thioether (sulfide) groups is 1. The maximum absolute atomic E-state index is 13.1. The van der Waals surface area contributed by atoms with E-state index in [1.54, 1.807) is 29.7 Å². The van der Waals surface area contributed by atoms with Crippen LogP contribution in [0.2, 0.25) is 0 Å². The van der Waals surface area contributed by atoms with Gasteiger partial charge in [-0.05, 0) is 37.4 Å². The van der Waals surface area contributed by atoms with Crippen molar-refractivity contribution in [3.63, 3.8) is 0 Å². The molecule has 0 atom stereocenters. The Hall–Kier alpha value is -2.61. The first-order chi connectivity index (χ1) is 11.6. The maximum Gasteiger partial charge on any atom is 0.357 e. The number of ether oxygens (including phenoxy) is 1. The van der Waals surface area contributed by atoms with Gasteiger partial charge in [0.1, 0.15) is 5.82 Å². The number of rotatable bonds is 5. The Bertz CT molecular complexity index is 858. The van der Waals surface area contributed by atoms with Crippen LogP contribution < -0.4 is 0 Å². The molecule has 6 nitrogen and oxygen atoms in total. The van der Waals surface area contributed by atoms with Crippen molar-refractivity contribution in [1.82, 2.24) is 14.7 Å². The van der Waals surface area contributed by atoms with Crippen LogP contribution in [-0.4, -0.2) is 26.9 Å². The van der Waals surface area contributed by atoms with Gasteiger partial charge in [0.15, 0.2) is 23.2 Å². The number of benzene rings is 1. The van der Waals surface area contributed by atoms with Crippen molar-refractivity contribution in [3.05, 3.63) is 59.5 Å². The van der Waals surface area contributed by atoms with E-state index in [9.17, 15) is 9.18 Å². The number of halogens is 1. The molecule has 0 fully saturated rings. The maximum atomic E-state index is 13.1. The highest BCUT2D eigenvalue weighted by molar-refractivity contribution is 7.98. The van der Waals surface area contributed by atoms with Gasteiger partial charge in [0.05, 0.1) is 11.9 Å². The highest BCUT2D eigenvalue weighted by Crippen LogP contribution is 2.22. The molecule has 8 heteroatoms. The SMILES string of the molecule is CSc1ncc(C(=O)OCc2cc(C)no2)n1-c1ccc(F)cc1. The molecular formula is C16H14FN3O3S. The minimum absolute atomic E-state index is 0.0249. The molecule has 0 aliphatic heterocycles. The molecular weight excluding hydrogens is 333 g/mol. The second-order valence-electron chi connectivity index (χ2n) is 4.95. The number of aromatic nitrogens is 3. The largest absolute Gasteiger partial charge is 0.453 e. The number of carbonyl (C=O) groups is 1. The van der Waals surface area contributed by atoms with Crippen LogP contribution in [0.5, 0.6) is 0 Å². The third-order valence-electron chi connectivity index (χ3n) is 3.23. The summed E-state index contributed by atoms with van der Waals surface area (Å²) in [5.74, 6) is -0.450. The first-order valence-corrected chi connectivity index (χ1v) is 8.28. The standard InChI is InChI=1S/C16H14FN3O3S/c1-10-7-13(23-19-10)9-22-15(21)14-8-18-16(24-2)20(14)12-5-3-11(17)4-6-12/h3-8H,9H2,1-2H3. The monoisotopic (exact) mass is 347 g/mol. The Labute approximate surface area is 141 Å². The zero-order valence-corrected chi connectivity index (χ0v) is 13.8. The lowest BCUT2D eigenvalue weighted by molar-refractivity contribution is 0.0427. The van der Waals surface area contributed by atoms with Crippen molar-refractivity contribution in [2.75, 3.05) is 6.26 Å². The fraction of sp³-hybridized carbons (Fsp3) is 0.188. The Morgan fingerprint density at radius 3 is 2.75 bits per heavy atom. The minimum atomic E-state index is -0.554. The summed E-state index contributed by atoms with van der Waals surface area (Å²) in [5, 5.41) is 4.34. The van der Waals surface area contributed by atoms with Crippen molar-refractivity contribution < 1.29 is 18.4 Å². The lowest BCUT2D eigenvalue weighted by atomic mass is 10.3. The number of imidazole rings is 1. The number of hydrogen-bond acceptors (Lipinski definition) is 6. The quantitative estimate of drug-likeness (QED) is 0.520. The molecule has 0 amide bonds. The number of esters is 1. The molecule has 124 valence electrons. The average molecular weight is 347 g/mol. The zero-order valence-electron chi connectivity index (χ0n) is 13.0. The van der Waals surface area contributed by atoms with E-state index in [2.05, 4.69) is 10.1 Å². The van der Waals surface area contributed by atoms with E-state index in [1.165, 1.54) is 30.1 Å². The topological polar surface area (TPSA) is 70.2 Å². The molecule has 0 saturated carbocycles. The lowest BCUT2D eigenvalue weighted by Gasteiger charge is -2.10. The summed E-state index contributed by atoms with van der Waals surface area (Å²) < 4.78 is 25.0. The summed E-state index contributed by atoms with van der Waals surface area (Å²) >= 11 is 1.37. The molecule has 3 aromatic rings. The van der Waals surface area contributed by atoms with Crippen molar-refractivity contribution in [2.45, 2.75) is 18.7 Å². The normalized spacial score (nSPS) is 10.8. The van der Waals surface area contributed by atoms with E-state index in [0.717, 1.165) is 0 Å². The molecule has 2 aromatic heterocycles. The van der Waals surface area contributed by atoms with E-state index < -0.39 is 5.97 Å². The summed E-state index contributed by atoms with van der Waals surface area (Å²) in [6, 6.07) is 7.50. The van der Waals surface area contributed by atoms with Crippen molar-refractivity contribution in [2.24, 2.45) is 0 Å². The summed E-state index contributed by atoms with van der Waals surface area (Å²) in [7, 11) is 0. The predicted molar refractivity (Wildman–Crippen MR) is 85.7 cm³/mol. The summed E-state index contributed by atoms with van der Waals surface area (Å²) in [6.07, 6.45) is 3.28. The predicted octanol–water partition coefficient (Wildman–Crippen LogP) is 3.39. The summed E-state index contributed by atoms with van der Waals surface area (Å²) in [5.41, 5.74) is 1.59.